The lowest BCUT2D eigenvalue weighted by molar-refractivity contribution is -0.123. The van der Waals surface area contributed by atoms with Crippen molar-refractivity contribution in [3.63, 3.8) is 0 Å². The predicted octanol–water partition coefficient (Wildman–Crippen LogP) is 2.96. The smallest absolute Gasteiger partial charge is 0.387 e. The molecule has 2 aromatic carbocycles. The molecule has 2 aromatic rings. The largest absolute Gasteiger partial charge is 0.484 e. The van der Waals surface area contributed by atoms with Crippen molar-refractivity contribution in [2.45, 2.75) is 6.61 Å². The second kappa shape index (κ2) is 8.56. The first-order valence-corrected chi connectivity index (χ1v) is 6.78. The van der Waals surface area contributed by atoms with Gasteiger partial charge in [-0.05, 0) is 24.3 Å². The molecule has 0 unspecified atom stereocenters. The summed E-state index contributed by atoms with van der Waals surface area (Å²) in [5.74, 6) is -0.948. The summed E-state index contributed by atoms with van der Waals surface area (Å²) < 4.78 is 46.9. The molecule has 0 aliphatic heterocycles. The Morgan fingerprint density at radius 1 is 1.21 bits per heavy atom. The average Bonchev–Trinajstić information content (AvgIpc) is 2.54. The SMILES string of the molecule is O=C(COc1cccc(F)c1)N/N=C\c1ccccc1OC(F)F. The van der Waals surface area contributed by atoms with Gasteiger partial charge in [-0.15, -0.1) is 0 Å². The summed E-state index contributed by atoms with van der Waals surface area (Å²) in [6.45, 7) is -3.34. The van der Waals surface area contributed by atoms with Gasteiger partial charge in [0.2, 0.25) is 0 Å². The van der Waals surface area contributed by atoms with Gasteiger partial charge in [-0.3, -0.25) is 4.79 Å². The summed E-state index contributed by atoms with van der Waals surface area (Å²) in [6, 6.07) is 11.3. The van der Waals surface area contributed by atoms with E-state index in [1.807, 2.05) is 0 Å². The molecule has 24 heavy (non-hydrogen) atoms. The Morgan fingerprint density at radius 2 is 2.00 bits per heavy atom. The molecular formula is C16H13F3N2O3. The Balaban J connectivity index is 1.86. The molecule has 0 saturated heterocycles. The van der Waals surface area contributed by atoms with Gasteiger partial charge in [0.1, 0.15) is 17.3 Å². The standard InChI is InChI=1S/C16H13F3N2O3/c17-12-5-3-6-13(8-12)23-10-15(22)21-20-9-11-4-1-2-7-14(11)24-16(18)19/h1-9,16H,10H2,(H,21,22)/b20-9-. The van der Waals surface area contributed by atoms with Crippen LogP contribution >= 0.6 is 0 Å². The minimum atomic E-state index is -2.96. The Bertz CT molecular complexity index is 723. The van der Waals surface area contributed by atoms with Crippen molar-refractivity contribution in [3.05, 3.63) is 59.9 Å². The molecule has 0 aliphatic carbocycles. The molecule has 0 aromatic heterocycles. The molecule has 0 heterocycles. The molecule has 0 atom stereocenters. The molecule has 2 rings (SSSR count). The van der Waals surface area contributed by atoms with Gasteiger partial charge in [-0.1, -0.05) is 18.2 Å². The van der Waals surface area contributed by atoms with Gasteiger partial charge < -0.3 is 9.47 Å². The minimum absolute atomic E-state index is 0.0680. The highest BCUT2D eigenvalue weighted by atomic mass is 19.3. The number of halogens is 3. The lowest BCUT2D eigenvalue weighted by Gasteiger charge is -2.07. The highest BCUT2D eigenvalue weighted by Gasteiger charge is 2.07. The minimum Gasteiger partial charge on any atom is -0.484 e. The first kappa shape index (κ1) is 17.3. The summed E-state index contributed by atoms with van der Waals surface area (Å²) in [4.78, 5) is 11.6. The van der Waals surface area contributed by atoms with Crippen molar-refractivity contribution in [2.75, 3.05) is 6.61 Å². The van der Waals surface area contributed by atoms with E-state index >= 15 is 0 Å². The van der Waals surface area contributed by atoms with Crippen molar-refractivity contribution in [3.8, 4) is 11.5 Å². The second-order valence-corrected chi connectivity index (χ2v) is 4.46. The maximum atomic E-state index is 12.9. The number of hydrogen-bond donors (Lipinski definition) is 1. The highest BCUT2D eigenvalue weighted by Crippen LogP contribution is 2.18. The van der Waals surface area contributed by atoms with E-state index in [9.17, 15) is 18.0 Å². The third kappa shape index (κ3) is 5.64. The number of hydrazone groups is 1. The van der Waals surface area contributed by atoms with Gasteiger partial charge in [0.15, 0.2) is 6.61 Å². The normalized spacial score (nSPS) is 10.8. The van der Waals surface area contributed by atoms with Crippen LogP contribution in [0.4, 0.5) is 13.2 Å². The maximum Gasteiger partial charge on any atom is 0.387 e. The van der Waals surface area contributed by atoms with Crippen LogP contribution in [0.2, 0.25) is 0 Å². The number of nitrogens with one attached hydrogen (secondary N) is 1. The molecule has 0 fully saturated rings. The lowest BCUT2D eigenvalue weighted by atomic mass is 10.2. The molecule has 0 saturated carbocycles. The molecule has 1 N–H and O–H groups in total. The second-order valence-electron chi connectivity index (χ2n) is 4.46. The third-order valence-corrected chi connectivity index (χ3v) is 2.69. The fraction of sp³-hybridized carbons (Fsp3) is 0.125. The summed E-state index contributed by atoms with van der Waals surface area (Å²) in [6.07, 6.45) is 1.16. The van der Waals surface area contributed by atoms with E-state index < -0.39 is 18.3 Å². The number of carbonyl (C=O) groups is 1. The molecule has 126 valence electrons. The number of hydrogen-bond acceptors (Lipinski definition) is 4. The van der Waals surface area contributed by atoms with Crippen molar-refractivity contribution in [1.82, 2.24) is 5.43 Å². The van der Waals surface area contributed by atoms with E-state index in [2.05, 4.69) is 15.3 Å². The molecule has 0 radical (unpaired) electrons. The van der Waals surface area contributed by atoms with E-state index in [1.54, 1.807) is 6.07 Å². The Hall–Kier alpha value is -3.03. The third-order valence-electron chi connectivity index (χ3n) is 2.69. The van der Waals surface area contributed by atoms with Crippen LogP contribution in [0, 0.1) is 5.82 Å². The average molecular weight is 338 g/mol. The quantitative estimate of drug-likeness (QED) is 0.624. The maximum absolute atomic E-state index is 12.9. The predicted molar refractivity (Wildman–Crippen MR) is 80.7 cm³/mol. The van der Waals surface area contributed by atoms with Crippen molar-refractivity contribution < 1.29 is 27.4 Å². The first-order chi connectivity index (χ1) is 11.5. The van der Waals surface area contributed by atoms with E-state index in [0.717, 1.165) is 12.3 Å². The van der Waals surface area contributed by atoms with E-state index in [0.29, 0.717) is 0 Å². The molecule has 0 aliphatic rings. The van der Waals surface area contributed by atoms with Gasteiger partial charge >= 0.3 is 6.61 Å². The van der Waals surface area contributed by atoms with Crippen LogP contribution in [0.25, 0.3) is 0 Å². The van der Waals surface area contributed by atoms with Crippen molar-refractivity contribution in [2.24, 2.45) is 5.10 Å². The fourth-order valence-corrected chi connectivity index (χ4v) is 1.70. The van der Waals surface area contributed by atoms with Crippen molar-refractivity contribution in [1.29, 1.82) is 0 Å². The summed E-state index contributed by atoms with van der Waals surface area (Å²) in [5.41, 5.74) is 2.43. The van der Waals surface area contributed by atoms with Crippen LogP contribution in [-0.4, -0.2) is 25.3 Å². The Labute approximate surface area is 135 Å². The van der Waals surface area contributed by atoms with Crippen LogP contribution in [0.1, 0.15) is 5.56 Å². The summed E-state index contributed by atoms with van der Waals surface area (Å²) in [7, 11) is 0. The van der Waals surface area contributed by atoms with Crippen LogP contribution in [0.5, 0.6) is 11.5 Å². The van der Waals surface area contributed by atoms with E-state index in [4.69, 9.17) is 4.74 Å². The number of nitrogens with zero attached hydrogens (tertiary/aromatic N) is 1. The lowest BCUT2D eigenvalue weighted by Crippen LogP contribution is -2.24. The number of ether oxygens (including phenoxy) is 2. The topological polar surface area (TPSA) is 59.9 Å². The number of rotatable bonds is 7. The zero-order valence-electron chi connectivity index (χ0n) is 12.3. The number of alkyl halides is 2. The van der Waals surface area contributed by atoms with Crippen molar-refractivity contribution >= 4 is 12.1 Å². The molecular weight excluding hydrogens is 325 g/mol. The van der Waals surface area contributed by atoms with E-state index in [-0.39, 0.29) is 23.7 Å². The van der Waals surface area contributed by atoms with Gasteiger partial charge in [-0.25, -0.2) is 9.82 Å². The van der Waals surface area contributed by atoms with Crippen LogP contribution in [-0.2, 0) is 4.79 Å². The first-order valence-electron chi connectivity index (χ1n) is 6.78. The van der Waals surface area contributed by atoms with Crippen LogP contribution in [0.3, 0.4) is 0 Å². The summed E-state index contributed by atoms with van der Waals surface area (Å²) in [5, 5.41) is 3.64. The van der Waals surface area contributed by atoms with Gasteiger partial charge in [0.25, 0.3) is 5.91 Å². The fourth-order valence-electron chi connectivity index (χ4n) is 1.70. The summed E-state index contributed by atoms with van der Waals surface area (Å²) >= 11 is 0. The number of amides is 1. The molecule has 0 spiro atoms. The molecule has 1 amide bonds. The zero-order valence-corrected chi connectivity index (χ0v) is 12.3. The molecule has 8 heteroatoms. The molecule has 5 nitrogen and oxygen atoms in total. The Morgan fingerprint density at radius 3 is 2.75 bits per heavy atom. The van der Waals surface area contributed by atoms with Gasteiger partial charge in [-0.2, -0.15) is 13.9 Å². The number of para-hydroxylation sites is 1. The monoisotopic (exact) mass is 338 g/mol. The van der Waals surface area contributed by atoms with Gasteiger partial charge in [0.05, 0.1) is 6.21 Å². The molecule has 0 bridgehead atoms. The highest BCUT2D eigenvalue weighted by molar-refractivity contribution is 5.85. The Kier molecular flexibility index (Phi) is 6.18. The zero-order chi connectivity index (χ0) is 17.4. The number of carbonyl (C=O) groups excluding carboxylic acids is 1. The van der Waals surface area contributed by atoms with Gasteiger partial charge in [0, 0.05) is 11.6 Å². The van der Waals surface area contributed by atoms with Crippen LogP contribution in [0.15, 0.2) is 53.6 Å². The van der Waals surface area contributed by atoms with Crippen LogP contribution < -0.4 is 14.9 Å². The van der Waals surface area contributed by atoms with E-state index in [1.165, 1.54) is 36.4 Å². The number of benzene rings is 2.